The lowest BCUT2D eigenvalue weighted by atomic mass is 10.1. The number of likely N-dealkylation sites (tertiary alicyclic amines) is 1. The highest BCUT2D eigenvalue weighted by molar-refractivity contribution is 7.07. The molecular weight excluding hydrogens is 516 g/mol. The minimum atomic E-state index is -2.68. The first-order valence-corrected chi connectivity index (χ1v) is 12.6. The number of hydrogen-bond donors (Lipinski definition) is 2. The van der Waals surface area contributed by atoms with Crippen LogP contribution in [0, 0.1) is 22.7 Å². The molecule has 0 saturated carbocycles. The quantitative estimate of drug-likeness (QED) is 0.470. The summed E-state index contributed by atoms with van der Waals surface area (Å²) in [5.74, 6) is -3.65. The molecule has 3 rings (SSSR count). The van der Waals surface area contributed by atoms with Gasteiger partial charge in [-0.1, -0.05) is 6.07 Å². The van der Waals surface area contributed by atoms with Gasteiger partial charge < -0.3 is 15.5 Å². The van der Waals surface area contributed by atoms with Gasteiger partial charge in [0.15, 0.2) is 5.57 Å². The number of piperidine rings is 1. The van der Waals surface area contributed by atoms with E-state index in [0.29, 0.717) is 11.4 Å². The molecule has 2 N–H and O–H groups in total. The molecule has 0 radical (unpaired) electrons. The summed E-state index contributed by atoms with van der Waals surface area (Å²) in [5, 5.41) is 23.5. The second kappa shape index (κ2) is 12.4. The second-order valence-corrected chi connectivity index (χ2v) is 9.60. The number of anilines is 2. The van der Waals surface area contributed by atoms with Crippen LogP contribution in [-0.4, -0.2) is 60.4 Å². The van der Waals surface area contributed by atoms with E-state index in [1.54, 1.807) is 49.2 Å². The van der Waals surface area contributed by atoms with E-state index in [9.17, 15) is 28.4 Å². The Morgan fingerprint density at radius 2 is 1.97 bits per heavy atom. The molecule has 0 spiro atoms. The fourth-order valence-electron chi connectivity index (χ4n) is 3.83. The molecule has 0 atom stereocenters. The molecule has 10 nitrogen and oxygen atoms in total. The van der Waals surface area contributed by atoms with Crippen molar-refractivity contribution in [1.29, 1.82) is 10.5 Å². The number of likely N-dealkylation sites (N-methyl/N-ethyl adjacent to an activating group) is 1. The van der Waals surface area contributed by atoms with Crippen molar-refractivity contribution in [2.75, 3.05) is 43.4 Å². The third kappa shape index (κ3) is 6.82. The van der Waals surface area contributed by atoms with Gasteiger partial charge in [-0.05, 0) is 25.1 Å². The number of aromatic nitrogens is 1. The van der Waals surface area contributed by atoms with Crippen molar-refractivity contribution in [2.45, 2.75) is 32.2 Å². The highest BCUT2D eigenvalue weighted by atomic mass is 32.1. The smallest absolute Gasteiger partial charge is 0.270 e. The normalized spacial score (nSPS) is 16.2. The van der Waals surface area contributed by atoms with Crippen LogP contribution in [0.4, 0.5) is 20.2 Å². The van der Waals surface area contributed by atoms with Crippen LogP contribution in [0.15, 0.2) is 29.1 Å². The Morgan fingerprint density at radius 1 is 1.26 bits per heavy atom. The van der Waals surface area contributed by atoms with Crippen LogP contribution in [0.5, 0.6) is 0 Å². The number of thiazole rings is 1. The van der Waals surface area contributed by atoms with Crippen LogP contribution in [-0.2, 0) is 16.1 Å². The van der Waals surface area contributed by atoms with E-state index in [1.165, 1.54) is 15.7 Å². The van der Waals surface area contributed by atoms with Crippen LogP contribution < -0.4 is 30.3 Å². The van der Waals surface area contributed by atoms with Gasteiger partial charge in [-0.15, -0.1) is 11.3 Å². The summed E-state index contributed by atoms with van der Waals surface area (Å²) >= 11 is 0.965. The van der Waals surface area contributed by atoms with Gasteiger partial charge in [0, 0.05) is 57.1 Å². The van der Waals surface area contributed by atoms with Crippen LogP contribution in [0.25, 0.3) is 11.8 Å². The first kappa shape index (κ1) is 28.5. The molecule has 2 aromatic rings. The van der Waals surface area contributed by atoms with Crippen LogP contribution in [0.3, 0.4) is 0 Å². The van der Waals surface area contributed by atoms with Gasteiger partial charge in [0.1, 0.15) is 21.8 Å². The number of alkyl halides is 2. The maximum absolute atomic E-state index is 13.4. The van der Waals surface area contributed by atoms with Gasteiger partial charge in [-0.3, -0.25) is 23.9 Å². The highest BCUT2D eigenvalue weighted by Gasteiger charge is 2.34. The van der Waals surface area contributed by atoms with Crippen molar-refractivity contribution in [3.63, 3.8) is 0 Å². The average molecular weight is 544 g/mol. The standard InChI is InChI=1S/C25H27F2N7O3S/c1-3-34-23(37)20(38-24(34)19(14-29)22(36)30-10-9-28)15-31-17-5-4-6-18(13-17)32(2)21(35)16-33-11-7-25(26,27)8-12-33/h4-6,13,15,31H,3,7-8,10-12,16H2,1-2H3,(H,30,36)/b20-15+,24-19-. The molecule has 1 aliphatic heterocycles. The number of carbonyl (C=O) groups excluding carboxylic acids is 2. The minimum Gasteiger partial charge on any atom is -0.360 e. The number of amides is 2. The molecule has 1 aromatic heterocycles. The first-order valence-electron chi connectivity index (χ1n) is 11.8. The average Bonchev–Trinajstić information content (AvgIpc) is 3.22. The summed E-state index contributed by atoms with van der Waals surface area (Å²) in [5.41, 5.74) is 0.496. The monoisotopic (exact) mass is 543 g/mol. The molecule has 2 amide bonds. The van der Waals surface area contributed by atoms with Gasteiger partial charge >= 0.3 is 0 Å². The van der Waals surface area contributed by atoms with Crippen molar-refractivity contribution in [3.05, 3.63) is 43.8 Å². The van der Waals surface area contributed by atoms with Crippen molar-refractivity contribution in [3.8, 4) is 12.1 Å². The summed E-state index contributed by atoms with van der Waals surface area (Å²) in [6.45, 7) is 2.02. The molecule has 0 bridgehead atoms. The Kier molecular flexibility index (Phi) is 9.34. The largest absolute Gasteiger partial charge is 0.360 e. The number of nitriles is 2. The maximum Gasteiger partial charge on any atom is 0.270 e. The number of hydrogen-bond acceptors (Lipinski definition) is 8. The van der Waals surface area contributed by atoms with E-state index in [4.69, 9.17) is 5.26 Å². The first-order chi connectivity index (χ1) is 18.1. The lowest BCUT2D eigenvalue weighted by Gasteiger charge is -2.32. The molecule has 38 heavy (non-hydrogen) atoms. The van der Waals surface area contributed by atoms with Crippen LogP contribution in [0.1, 0.15) is 19.8 Å². The van der Waals surface area contributed by atoms with Gasteiger partial charge in [0.25, 0.3) is 17.4 Å². The summed E-state index contributed by atoms with van der Waals surface area (Å²) in [6, 6.07) is 10.5. The number of carbonyl (C=O) groups is 2. The topological polar surface area (TPSA) is 134 Å². The molecule has 13 heteroatoms. The maximum atomic E-state index is 13.4. The fraction of sp³-hybridized carbons (Fsp3) is 0.400. The molecule has 1 aromatic carbocycles. The molecule has 2 heterocycles. The SMILES string of the molecule is CCn1c(=O)/c(=C\Nc2cccc(N(C)C(=O)CN3CCC(F)(F)CC3)c2)s/c1=C(/C#N)C(=O)NCC#N. The van der Waals surface area contributed by atoms with E-state index in [1.807, 2.05) is 6.07 Å². The van der Waals surface area contributed by atoms with Crippen molar-refractivity contribution in [2.24, 2.45) is 0 Å². The van der Waals surface area contributed by atoms with Gasteiger partial charge in [0.2, 0.25) is 5.91 Å². The predicted molar refractivity (Wildman–Crippen MR) is 140 cm³/mol. The van der Waals surface area contributed by atoms with Gasteiger partial charge in [-0.2, -0.15) is 10.5 Å². The van der Waals surface area contributed by atoms with Crippen LogP contribution in [0.2, 0.25) is 0 Å². The Bertz CT molecular complexity index is 1460. The molecule has 0 aliphatic carbocycles. The molecule has 1 aliphatic rings. The third-order valence-corrected chi connectivity index (χ3v) is 7.16. The lowest BCUT2D eigenvalue weighted by Crippen LogP contribution is -2.45. The van der Waals surface area contributed by atoms with E-state index < -0.39 is 17.4 Å². The summed E-state index contributed by atoms with van der Waals surface area (Å²) in [6.07, 6.45) is 0.933. The van der Waals surface area contributed by atoms with E-state index in [0.717, 1.165) is 11.3 Å². The molecule has 1 saturated heterocycles. The van der Waals surface area contributed by atoms with Gasteiger partial charge in [0.05, 0.1) is 12.6 Å². The lowest BCUT2D eigenvalue weighted by molar-refractivity contribution is -0.121. The van der Waals surface area contributed by atoms with E-state index in [2.05, 4.69) is 10.6 Å². The Labute approximate surface area is 221 Å². The fourth-order valence-corrected chi connectivity index (χ4v) is 4.92. The summed E-state index contributed by atoms with van der Waals surface area (Å²) < 4.78 is 28.5. The minimum absolute atomic E-state index is 0.0323. The summed E-state index contributed by atoms with van der Waals surface area (Å²) in [7, 11) is 1.60. The van der Waals surface area contributed by atoms with E-state index >= 15 is 0 Å². The molecule has 1 fully saturated rings. The zero-order chi connectivity index (χ0) is 27.9. The number of nitrogens with one attached hydrogen (secondary N) is 2. The van der Waals surface area contributed by atoms with E-state index in [-0.39, 0.29) is 66.2 Å². The zero-order valence-corrected chi connectivity index (χ0v) is 21.8. The number of halogens is 2. The van der Waals surface area contributed by atoms with Crippen molar-refractivity contribution in [1.82, 2.24) is 14.8 Å². The molecular formula is C25H27F2N7O3S. The Morgan fingerprint density at radius 3 is 2.61 bits per heavy atom. The van der Waals surface area contributed by atoms with Crippen molar-refractivity contribution < 1.29 is 18.4 Å². The highest BCUT2D eigenvalue weighted by Crippen LogP contribution is 2.27. The van der Waals surface area contributed by atoms with Gasteiger partial charge in [-0.25, -0.2) is 8.78 Å². The summed E-state index contributed by atoms with van der Waals surface area (Å²) in [4.78, 5) is 41.1. The third-order valence-electron chi connectivity index (χ3n) is 6.03. The Hall–Kier alpha value is -4.07. The molecule has 0 unspecified atom stereocenters. The second-order valence-electron chi connectivity index (χ2n) is 8.57. The Balaban J connectivity index is 1.80. The van der Waals surface area contributed by atoms with Crippen LogP contribution >= 0.6 is 11.3 Å². The number of benzene rings is 1. The number of nitrogens with zero attached hydrogens (tertiary/aromatic N) is 5. The molecule has 200 valence electrons. The zero-order valence-electron chi connectivity index (χ0n) is 21.0. The predicted octanol–water partition coefficient (Wildman–Crippen LogP) is 0.788. The number of rotatable bonds is 8. The van der Waals surface area contributed by atoms with Crippen molar-refractivity contribution >= 4 is 46.3 Å².